The zero-order chi connectivity index (χ0) is 10.1. The standard InChI is InChI=1S/C10H8N2OS/c11-4-3-7-8(13)2-1-6-5-9(12)14-10(6)7/h1-2,5,13H,3,12H2. The van der Waals surface area contributed by atoms with Crippen molar-refractivity contribution >= 4 is 26.4 Å². The maximum Gasteiger partial charge on any atom is 0.121 e. The van der Waals surface area contributed by atoms with Gasteiger partial charge >= 0.3 is 0 Å². The molecule has 0 aliphatic rings. The van der Waals surface area contributed by atoms with Crippen LogP contribution in [-0.4, -0.2) is 5.11 Å². The predicted octanol–water partition coefficient (Wildman–Crippen LogP) is 2.26. The molecule has 0 atom stereocenters. The summed E-state index contributed by atoms with van der Waals surface area (Å²) in [6.45, 7) is 0. The number of phenolic OH excluding ortho intramolecular Hbond substituents is 1. The minimum Gasteiger partial charge on any atom is -0.508 e. The van der Waals surface area contributed by atoms with E-state index in [1.807, 2.05) is 12.1 Å². The van der Waals surface area contributed by atoms with Crippen LogP contribution in [0.5, 0.6) is 5.75 Å². The van der Waals surface area contributed by atoms with E-state index in [-0.39, 0.29) is 12.2 Å². The summed E-state index contributed by atoms with van der Waals surface area (Å²) < 4.78 is 0.907. The van der Waals surface area contributed by atoms with Gasteiger partial charge in [-0.15, -0.1) is 11.3 Å². The topological polar surface area (TPSA) is 70.0 Å². The van der Waals surface area contributed by atoms with Gasteiger partial charge in [0.15, 0.2) is 0 Å². The number of nitrogen functional groups attached to an aromatic ring is 1. The number of nitrogens with zero attached hydrogens (tertiary/aromatic N) is 1. The van der Waals surface area contributed by atoms with Crippen molar-refractivity contribution in [2.75, 3.05) is 5.73 Å². The molecule has 70 valence electrons. The summed E-state index contributed by atoms with van der Waals surface area (Å²) in [5, 5.41) is 19.9. The largest absolute Gasteiger partial charge is 0.508 e. The van der Waals surface area contributed by atoms with Gasteiger partial charge in [-0.05, 0) is 23.6 Å². The Morgan fingerprint density at radius 1 is 1.50 bits per heavy atom. The third kappa shape index (κ3) is 1.28. The molecule has 1 aromatic heterocycles. The van der Waals surface area contributed by atoms with E-state index in [0.717, 1.165) is 10.1 Å². The van der Waals surface area contributed by atoms with E-state index in [4.69, 9.17) is 11.0 Å². The summed E-state index contributed by atoms with van der Waals surface area (Å²) in [5.41, 5.74) is 6.33. The van der Waals surface area contributed by atoms with Crippen LogP contribution in [0.3, 0.4) is 0 Å². The van der Waals surface area contributed by atoms with Gasteiger partial charge in [0.25, 0.3) is 0 Å². The molecule has 0 bridgehead atoms. The van der Waals surface area contributed by atoms with Crippen LogP contribution in [0, 0.1) is 11.3 Å². The highest BCUT2D eigenvalue weighted by molar-refractivity contribution is 7.22. The van der Waals surface area contributed by atoms with Crippen LogP contribution in [0.15, 0.2) is 18.2 Å². The lowest BCUT2D eigenvalue weighted by Crippen LogP contribution is -1.82. The van der Waals surface area contributed by atoms with Crippen LogP contribution < -0.4 is 5.73 Å². The molecule has 0 unspecified atom stereocenters. The summed E-state index contributed by atoms with van der Waals surface area (Å²) >= 11 is 1.40. The molecule has 0 saturated heterocycles. The minimum atomic E-state index is 0.167. The first-order valence-electron chi connectivity index (χ1n) is 4.09. The molecule has 2 rings (SSSR count). The van der Waals surface area contributed by atoms with E-state index in [1.54, 1.807) is 12.1 Å². The number of aromatic hydroxyl groups is 1. The minimum absolute atomic E-state index is 0.167. The first-order valence-corrected chi connectivity index (χ1v) is 4.91. The molecule has 0 spiro atoms. The number of anilines is 1. The molecule has 2 aromatic rings. The summed E-state index contributed by atoms with van der Waals surface area (Å²) in [7, 11) is 0. The summed E-state index contributed by atoms with van der Waals surface area (Å²) in [6, 6.07) is 7.28. The second-order valence-corrected chi connectivity index (χ2v) is 4.05. The third-order valence-electron chi connectivity index (χ3n) is 2.04. The fourth-order valence-corrected chi connectivity index (χ4v) is 2.39. The van der Waals surface area contributed by atoms with Crippen LogP contribution in [0.2, 0.25) is 0 Å². The average molecular weight is 204 g/mol. The number of thiophene rings is 1. The smallest absolute Gasteiger partial charge is 0.121 e. The van der Waals surface area contributed by atoms with Crippen molar-refractivity contribution in [1.82, 2.24) is 0 Å². The molecular formula is C10H8N2OS. The lowest BCUT2D eigenvalue weighted by atomic mass is 10.1. The van der Waals surface area contributed by atoms with E-state index in [0.29, 0.717) is 10.6 Å². The monoisotopic (exact) mass is 204 g/mol. The van der Waals surface area contributed by atoms with Crippen molar-refractivity contribution in [1.29, 1.82) is 5.26 Å². The van der Waals surface area contributed by atoms with Gasteiger partial charge in [0.1, 0.15) is 5.75 Å². The van der Waals surface area contributed by atoms with Crippen molar-refractivity contribution in [3.05, 3.63) is 23.8 Å². The third-order valence-corrected chi connectivity index (χ3v) is 3.08. The van der Waals surface area contributed by atoms with Gasteiger partial charge in [0.05, 0.1) is 17.5 Å². The highest BCUT2D eigenvalue weighted by Gasteiger charge is 2.09. The van der Waals surface area contributed by atoms with E-state index < -0.39 is 0 Å². The first kappa shape index (κ1) is 8.85. The number of hydrogen-bond donors (Lipinski definition) is 2. The zero-order valence-corrected chi connectivity index (χ0v) is 8.14. The Bertz CT molecular complexity index is 525. The van der Waals surface area contributed by atoms with Crippen molar-refractivity contribution in [3.63, 3.8) is 0 Å². The fraction of sp³-hybridized carbons (Fsp3) is 0.100. The average Bonchev–Trinajstić information content (AvgIpc) is 2.51. The Morgan fingerprint density at radius 2 is 2.29 bits per heavy atom. The highest BCUT2D eigenvalue weighted by atomic mass is 32.1. The maximum absolute atomic E-state index is 9.56. The lowest BCUT2D eigenvalue weighted by Gasteiger charge is -2.00. The van der Waals surface area contributed by atoms with Crippen LogP contribution in [0.1, 0.15) is 5.56 Å². The van der Waals surface area contributed by atoms with Crippen molar-refractivity contribution < 1.29 is 5.11 Å². The Morgan fingerprint density at radius 3 is 3.00 bits per heavy atom. The molecule has 3 nitrogen and oxygen atoms in total. The van der Waals surface area contributed by atoms with Gasteiger partial charge in [-0.1, -0.05) is 0 Å². The van der Waals surface area contributed by atoms with Crippen molar-refractivity contribution in [2.24, 2.45) is 0 Å². The van der Waals surface area contributed by atoms with Crippen LogP contribution in [0.4, 0.5) is 5.00 Å². The summed E-state index contributed by atoms with van der Waals surface area (Å²) in [5.74, 6) is 0.167. The zero-order valence-electron chi connectivity index (χ0n) is 7.32. The van der Waals surface area contributed by atoms with Crippen LogP contribution in [-0.2, 0) is 6.42 Å². The molecule has 0 fully saturated rings. The molecule has 4 heteroatoms. The number of fused-ring (bicyclic) bond motifs is 1. The van der Waals surface area contributed by atoms with E-state index in [2.05, 4.69) is 0 Å². The highest BCUT2D eigenvalue weighted by Crippen LogP contribution is 2.35. The second-order valence-electron chi connectivity index (χ2n) is 2.97. The number of hydrogen-bond acceptors (Lipinski definition) is 4. The second kappa shape index (κ2) is 3.20. The molecule has 14 heavy (non-hydrogen) atoms. The molecule has 0 amide bonds. The number of benzene rings is 1. The Labute approximate surface area is 85.0 Å². The van der Waals surface area contributed by atoms with Gasteiger partial charge < -0.3 is 10.8 Å². The lowest BCUT2D eigenvalue weighted by molar-refractivity contribution is 0.471. The van der Waals surface area contributed by atoms with E-state index in [9.17, 15) is 5.11 Å². The van der Waals surface area contributed by atoms with Gasteiger partial charge in [0, 0.05) is 10.3 Å². The molecule has 0 radical (unpaired) electrons. The van der Waals surface area contributed by atoms with E-state index >= 15 is 0 Å². The van der Waals surface area contributed by atoms with Crippen LogP contribution in [0.25, 0.3) is 10.1 Å². The van der Waals surface area contributed by atoms with Crippen LogP contribution >= 0.6 is 11.3 Å². The summed E-state index contributed by atoms with van der Waals surface area (Å²) in [6.07, 6.45) is 0.211. The summed E-state index contributed by atoms with van der Waals surface area (Å²) in [4.78, 5) is 0. The number of nitrogens with two attached hydrogens (primary N) is 1. The number of rotatable bonds is 1. The SMILES string of the molecule is N#CCc1c(O)ccc2cc(N)sc12. The first-order chi connectivity index (χ1) is 6.72. The Hall–Kier alpha value is -1.73. The molecule has 1 aromatic carbocycles. The predicted molar refractivity (Wildman–Crippen MR) is 57.2 cm³/mol. The van der Waals surface area contributed by atoms with Crippen molar-refractivity contribution in [2.45, 2.75) is 6.42 Å². The van der Waals surface area contributed by atoms with Gasteiger partial charge in [-0.2, -0.15) is 5.26 Å². The quantitative estimate of drug-likeness (QED) is 0.748. The normalized spacial score (nSPS) is 10.2. The molecule has 0 aliphatic carbocycles. The van der Waals surface area contributed by atoms with Crippen molar-refractivity contribution in [3.8, 4) is 11.8 Å². The van der Waals surface area contributed by atoms with E-state index in [1.165, 1.54) is 11.3 Å². The number of phenols is 1. The molecule has 0 aliphatic heterocycles. The molecular weight excluding hydrogens is 196 g/mol. The number of nitriles is 1. The molecule has 0 saturated carbocycles. The fourth-order valence-electron chi connectivity index (χ4n) is 1.42. The van der Waals surface area contributed by atoms with Gasteiger partial charge in [0.2, 0.25) is 0 Å². The Balaban J connectivity index is 2.76. The Kier molecular flexibility index (Phi) is 2.02. The molecule has 1 heterocycles. The van der Waals surface area contributed by atoms with Gasteiger partial charge in [-0.25, -0.2) is 0 Å². The van der Waals surface area contributed by atoms with Gasteiger partial charge in [-0.3, -0.25) is 0 Å². The maximum atomic E-state index is 9.56. The molecule has 3 N–H and O–H groups in total.